The Morgan fingerprint density at radius 3 is 2.37 bits per heavy atom. The van der Waals surface area contributed by atoms with E-state index >= 15 is 0 Å². The second kappa shape index (κ2) is 22.2. The minimum absolute atomic E-state index is 0.00238. The Balaban J connectivity index is 1.08. The number of primary amides is 1. The molecule has 0 bridgehead atoms. The number of anilines is 2. The standard InChI is InChI=1S/C42H53N7O13/c1-23(45-41(56)24(2)61-38-36(46-25(3)51)42(62-32(21-50)37(38)53)60-22-26-11-5-4-6-12-26)40(55)48-30(39(43)54)17-18-33(52)59-20-10-19-44-35-27-13-7-8-14-28(27)47-29-15-9-16-31(34(29)35)49(57)58/h4-9,11-16,23-24,30,32,35-38,42,44,47,50,53H,10,17-22H2,1-3H3,(H2,43,54)(H,45,56)(H,46,51)(H,48,55)/t23-,24-,30+,32-,35-,36+,37+,38-,42-/m1/s1. The molecule has 2 aliphatic heterocycles. The van der Waals surface area contributed by atoms with E-state index in [1.54, 1.807) is 12.1 Å². The smallest absolute Gasteiger partial charge is 0.305 e. The summed E-state index contributed by atoms with van der Waals surface area (Å²) in [6, 6.07) is 17.2. The van der Waals surface area contributed by atoms with Crippen LogP contribution in [0.25, 0.3) is 0 Å². The van der Waals surface area contributed by atoms with Crippen molar-refractivity contribution in [3.8, 4) is 0 Å². The van der Waals surface area contributed by atoms with Crippen molar-refractivity contribution in [1.82, 2.24) is 21.3 Å². The van der Waals surface area contributed by atoms with Gasteiger partial charge in [-0.3, -0.25) is 34.1 Å². The summed E-state index contributed by atoms with van der Waals surface area (Å²) in [7, 11) is 0. The first-order valence-electron chi connectivity index (χ1n) is 20.1. The fraction of sp³-hybridized carbons (Fsp3) is 0.452. The molecule has 2 heterocycles. The lowest BCUT2D eigenvalue weighted by atomic mass is 9.90. The fourth-order valence-electron chi connectivity index (χ4n) is 7.13. The van der Waals surface area contributed by atoms with Crippen molar-refractivity contribution >= 4 is 46.7 Å². The topological polar surface area (TPSA) is 292 Å². The summed E-state index contributed by atoms with van der Waals surface area (Å²) in [4.78, 5) is 74.8. The number of benzene rings is 3. The third-order valence-electron chi connectivity index (χ3n) is 10.3. The number of fused-ring (bicyclic) bond motifs is 2. The Labute approximate surface area is 357 Å². The van der Waals surface area contributed by atoms with Crippen LogP contribution in [-0.4, -0.2) is 113 Å². The zero-order valence-electron chi connectivity index (χ0n) is 34.5. The van der Waals surface area contributed by atoms with Gasteiger partial charge in [0.15, 0.2) is 6.29 Å². The molecule has 334 valence electrons. The molecule has 3 aromatic carbocycles. The molecule has 20 nitrogen and oxygen atoms in total. The number of esters is 1. The molecular formula is C42H53N7O13. The van der Waals surface area contributed by atoms with Gasteiger partial charge in [0, 0.05) is 25.1 Å². The van der Waals surface area contributed by atoms with Crippen LogP contribution in [0, 0.1) is 10.1 Å². The van der Waals surface area contributed by atoms with Crippen LogP contribution < -0.4 is 32.3 Å². The summed E-state index contributed by atoms with van der Waals surface area (Å²) in [6.07, 6.45) is -6.65. The predicted octanol–water partition coefficient (Wildman–Crippen LogP) is 1.09. The third kappa shape index (κ3) is 12.3. The lowest BCUT2D eigenvalue weighted by Gasteiger charge is -2.44. The Morgan fingerprint density at radius 2 is 1.68 bits per heavy atom. The van der Waals surface area contributed by atoms with Gasteiger partial charge >= 0.3 is 5.97 Å². The van der Waals surface area contributed by atoms with Gasteiger partial charge in [-0.05, 0) is 56.5 Å². The van der Waals surface area contributed by atoms with Crippen LogP contribution in [0.1, 0.15) is 62.8 Å². The second-order valence-electron chi connectivity index (χ2n) is 14.9. The highest BCUT2D eigenvalue weighted by atomic mass is 16.7. The summed E-state index contributed by atoms with van der Waals surface area (Å²) >= 11 is 0. The highest BCUT2D eigenvalue weighted by Crippen LogP contribution is 2.43. The van der Waals surface area contributed by atoms with E-state index in [0.29, 0.717) is 24.2 Å². The third-order valence-corrected chi connectivity index (χ3v) is 10.3. The van der Waals surface area contributed by atoms with Crippen LogP contribution in [-0.2, 0) is 49.5 Å². The molecule has 1 saturated heterocycles. The van der Waals surface area contributed by atoms with Gasteiger partial charge in [-0.2, -0.15) is 0 Å². The number of aliphatic hydroxyl groups excluding tert-OH is 2. The summed E-state index contributed by atoms with van der Waals surface area (Å²) < 4.78 is 23.0. The molecule has 5 rings (SSSR count). The van der Waals surface area contributed by atoms with Crippen molar-refractivity contribution < 1.29 is 58.1 Å². The van der Waals surface area contributed by atoms with Gasteiger partial charge in [-0.1, -0.05) is 54.6 Å². The van der Waals surface area contributed by atoms with E-state index < -0.39 is 96.0 Å². The number of nitrogens with two attached hydrogens (primary N) is 1. The molecule has 0 spiro atoms. The average Bonchev–Trinajstić information content (AvgIpc) is 3.25. The van der Waals surface area contributed by atoms with Gasteiger partial charge in [-0.25, -0.2) is 0 Å². The van der Waals surface area contributed by atoms with Crippen LogP contribution in [0.4, 0.5) is 17.1 Å². The molecule has 20 heteroatoms. The van der Waals surface area contributed by atoms with Gasteiger partial charge < -0.3 is 61.5 Å². The molecule has 1 fully saturated rings. The number of carbonyl (C=O) groups is 5. The number of para-hydroxylation sites is 1. The fourth-order valence-corrected chi connectivity index (χ4v) is 7.13. The zero-order chi connectivity index (χ0) is 44.9. The lowest BCUT2D eigenvalue weighted by Crippen LogP contribution is -2.66. The number of nitro groups is 1. The van der Waals surface area contributed by atoms with Crippen LogP contribution in [0.5, 0.6) is 0 Å². The molecule has 9 atom stereocenters. The number of ether oxygens (including phenoxy) is 4. The maximum absolute atomic E-state index is 13.2. The van der Waals surface area contributed by atoms with E-state index in [1.165, 1.54) is 26.8 Å². The molecule has 0 aliphatic carbocycles. The van der Waals surface area contributed by atoms with E-state index in [1.807, 2.05) is 54.6 Å². The van der Waals surface area contributed by atoms with Gasteiger partial charge in [0.2, 0.25) is 23.6 Å². The maximum Gasteiger partial charge on any atom is 0.305 e. The number of carbonyl (C=O) groups excluding carboxylic acids is 5. The quantitative estimate of drug-likeness (QED) is 0.0322. The van der Waals surface area contributed by atoms with Gasteiger partial charge in [0.05, 0.1) is 42.0 Å². The Morgan fingerprint density at radius 1 is 0.968 bits per heavy atom. The summed E-state index contributed by atoms with van der Waals surface area (Å²) in [5.41, 5.74) is 9.00. The largest absolute Gasteiger partial charge is 0.466 e. The Hall–Kier alpha value is -6.03. The van der Waals surface area contributed by atoms with Gasteiger partial charge in [0.25, 0.3) is 5.69 Å². The molecule has 9 N–H and O–H groups in total. The first-order valence-corrected chi connectivity index (χ1v) is 20.1. The van der Waals surface area contributed by atoms with Crippen LogP contribution in [0.3, 0.4) is 0 Å². The number of nitrogens with one attached hydrogen (secondary N) is 5. The molecular weight excluding hydrogens is 810 g/mol. The van der Waals surface area contributed by atoms with Crippen LogP contribution in [0.2, 0.25) is 0 Å². The molecule has 0 unspecified atom stereocenters. The molecule has 3 aromatic rings. The second-order valence-corrected chi connectivity index (χ2v) is 14.9. The van der Waals surface area contributed by atoms with Crippen molar-refractivity contribution in [1.29, 1.82) is 0 Å². The summed E-state index contributed by atoms with van der Waals surface area (Å²) in [6.45, 7) is 3.69. The van der Waals surface area contributed by atoms with Crippen LogP contribution in [0.15, 0.2) is 72.8 Å². The number of rotatable bonds is 21. The highest BCUT2D eigenvalue weighted by molar-refractivity contribution is 5.92. The minimum Gasteiger partial charge on any atom is -0.466 e. The number of hydrogen-bond donors (Lipinski definition) is 8. The number of hydrogen-bond acceptors (Lipinski definition) is 15. The number of nitro benzene ring substituents is 1. The first kappa shape index (κ1) is 47.0. The monoisotopic (exact) mass is 863 g/mol. The highest BCUT2D eigenvalue weighted by Gasteiger charge is 2.48. The van der Waals surface area contributed by atoms with Crippen molar-refractivity contribution in [3.63, 3.8) is 0 Å². The van der Waals surface area contributed by atoms with Crippen molar-refractivity contribution in [3.05, 3.63) is 99.6 Å². The van der Waals surface area contributed by atoms with Crippen molar-refractivity contribution in [2.75, 3.05) is 25.1 Å². The summed E-state index contributed by atoms with van der Waals surface area (Å²) in [5.74, 6) is -3.69. The SMILES string of the molecule is CC(=O)N[C@@H]1[C@H](OCc2ccccc2)O[C@H](CO)[C@H](O)[C@@H]1O[C@H](C)C(=O)N[C@H](C)C(=O)N[C@@H](CCC(=O)OCCCN[C@@H]1c2ccccc2Nc2cccc([N+](=O)[O-])c21)C(N)=O. The molecule has 62 heavy (non-hydrogen) atoms. The maximum atomic E-state index is 13.2. The molecule has 0 aromatic heterocycles. The number of nitrogens with zero attached hydrogens (tertiary/aromatic N) is 1. The van der Waals surface area contributed by atoms with E-state index in [2.05, 4.69) is 26.6 Å². The zero-order valence-corrected chi connectivity index (χ0v) is 34.5. The van der Waals surface area contributed by atoms with E-state index in [4.69, 9.17) is 24.7 Å². The normalized spacial score (nSPS) is 21.7. The van der Waals surface area contributed by atoms with Gasteiger partial charge in [0.1, 0.15) is 42.5 Å². The Kier molecular flexibility index (Phi) is 16.8. The Bertz CT molecular complexity index is 2060. The molecule has 4 amide bonds. The molecule has 0 radical (unpaired) electrons. The molecule has 0 saturated carbocycles. The first-order chi connectivity index (χ1) is 29.7. The average molecular weight is 864 g/mol. The lowest BCUT2D eigenvalue weighted by molar-refractivity contribution is -0.385. The van der Waals surface area contributed by atoms with E-state index in [-0.39, 0.29) is 31.7 Å². The van der Waals surface area contributed by atoms with Crippen LogP contribution >= 0.6 is 0 Å². The minimum atomic E-state index is -1.51. The van der Waals surface area contributed by atoms with E-state index in [0.717, 1.165) is 16.8 Å². The van der Waals surface area contributed by atoms with Crippen molar-refractivity contribution in [2.24, 2.45) is 5.73 Å². The molecule has 2 aliphatic rings. The summed E-state index contributed by atoms with van der Waals surface area (Å²) in [5, 5.41) is 47.0. The van der Waals surface area contributed by atoms with Gasteiger partial charge in [-0.15, -0.1) is 0 Å². The number of amides is 4. The number of aliphatic hydroxyl groups is 2. The predicted molar refractivity (Wildman–Crippen MR) is 221 cm³/mol. The van der Waals surface area contributed by atoms with E-state index in [9.17, 15) is 44.3 Å². The van der Waals surface area contributed by atoms with Crippen molar-refractivity contribution in [2.45, 2.75) is 102 Å².